The normalized spacial score (nSPS) is 13.8. The van der Waals surface area contributed by atoms with Gasteiger partial charge in [0, 0.05) is 25.5 Å². The second-order valence-corrected chi connectivity index (χ2v) is 6.56. The van der Waals surface area contributed by atoms with E-state index >= 15 is 0 Å². The lowest BCUT2D eigenvalue weighted by atomic mass is 10.1. The number of benzene rings is 2. The number of hydrogen-bond acceptors (Lipinski definition) is 4. The van der Waals surface area contributed by atoms with Gasteiger partial charge in [-0.2, -0.15) is 0 Å². The predicted molar refractivity (Wildman–Crippen MR) is 102 cm³/mol. The number of nitrogens with zero attached hydrogens (tertiary/aromatic N) is 2. The summed E-state index contributed by atoms with van der Waals surface area (Å²) in [7, 11) is 1.71. The minimum Gasteiger partial charge on any atom is -0.492 e. The monoisotopic (exact) mass is 366 g/mol. The second-order valence-electron chi connectivity index (χ2n) is 6.56. The number of aryl methyl sites for hydroxylation is 1. The number of carbonyl (C=O) groups is 3. The third-order valence-corrected chi connectivity index (χ3v) is 4.46. The van der Waals surface area contributed by atoms with Crippen LogP contribution in [0.1, 0.15) is 28.8 Å². The summed E-state index contributed by atoms with van der Waals surface area (Å²) < 4.78 is 5.68. The van der Waals surface area contributed by atoms with Gasteiger partial charge in [0.2, 0.25) is 11.8 Å². The van der Waals surface area contributed by atoms with Crippen LogP contribution in [0.4, 0.5) is 5.69 Å². The molecular weight excluding hydrogens is 344 g/mol. The van der Waals surface area contributed by atoms with E-state index in [4.69, 9.17) is 4.74 Å². The van der Waals surface area contributed by atoms with Gasteiger partial charge in [0.25, 0.3) is 5.91 Å². The van der Waals surface area contributed by atoms with E-state index in [9.17, 15) is 14.4 Å². The fourth-order valence-corrected chi connectivity index (χ4v) is 2.95. The summed E-state index contributed by atoms with van der Waals surface area (Å²) in [4.78, 5) is 38.8. The molecule has 1 heterocycles. The number of carbonyl (C=O) groups excluding carboxylic acids is 3. The Morgan fingerprint density at radius 3 is 2.37 bits per heavy atom. The zero-order valence-corrected chi connectivity index (χ0v) is 15.5. The van der Waals surface area contributed by atoms with Crippen LogP contribution in [0.15, 0.2) is 48.5 Å². The van der Waals surface area contributed by atoms with Crippen molar-refractivity contribution in [3.63, 3.8) is 0 Å². The quantitative estimate of drug-likeness (QED) is 0.738. The highest BCUT2D eigenvalue weighted by atomic mass is 16.5. The number of hydrogen-bond donors (Lipinski definition) is 0. The van der Waals surface area contributed by atoms with E-state index in [2.05, 4.69) is 0 Å². The highest BCUT2D eigenvalue weighted by Gasteiger charge is 2.30. The maximum Gasteiger partial charge on any atom is 0.253 e. The molecule has 0 saturated carbocycles. The summed E-state index contributed by atoms with van der Waals surface area (Å²) in [6.07, 6.45) is 0.479. The predicted octanol–water partition coefficient (Wildman–Crippen LogP) is 2.80. The molecule has 0 bridgehead atoms. The van der Waals surface area contributed by atoms with Gasteiger partial charge in [-0.3, -0.25) is 19.3 Å². The summed E-state index contributed by atoms with van der Waals surface area (Å²) in [6, 6.07) is 14.3. The highest BCUT2D eigenvalue weighted by molar-refractivity contribution is 6.19. The van der Waals surface area contributed by atoms with Gasteiger partial charge in [0.15, 0.2) is 0 Å². The van der Waals surface area contributed by atoms with Gasteiger partial charge in [-0.1, -0.05) is 12.1 Å². The van der Waals surface area contributed by atoms with Gasteiger partial charge < -0.3 is 9.64 Å². The summed E-state index contributed by atoms with van der Waals surface area (Å²) in [5, 5.41) is 0. The lowest BCUT2D eigenvalue weighted by molar-refractivity contribution is -0.121. The van der Waals surface area contributed by atoms with Crippen LogP contribution >= 0.6 is 0 Å². The number of imide groups is 1. The molecule has 2 aromatic rings. The van der Waals surface area contributed by atoms with Crippen LogP contribution in [0.5, 0.6) is 5.75 Å². The zero-order chi connectivity index (χ0) is 19.4. The molecule has 3 rings (SSSR count). The van der Waals surface area contributed by atoms with E-state index in [0.717, 1.165) is 11.3 Å². The average molecular weight is 366 g/mol. The minimum atomic E-state index is -0.204. The van der Waals surface area contributed by atoms with Gasteiger partial charge in [-0.15, -0.1) is 0 Å². The molecule has 27 heavy (non-hydrogen) atoms. The molecule has 0 radical (unpaired) electrons. The van der Waals surface area contributed by atoms with Gasteiger partial charge in [0.05, 0.1) is 12.2 Å². The number of anilines is 1. The third-order valence-electron chi connectivity index (χ3n) is 4.46. The van der Waals surface area contributed by atoms with E-state index in [1.165, 1.54) is 4.90 Å². The largest absolute Gasteiger partial charge is 0.492 e. The Balaban J connectivity index is 1.56. The Labute approximate surface area is 158 Å². The van der Waals surface area contributed by atoms with Crippen LogP contribution in [0.3, 0.4) is 0 Å². The van der Waals surface area contributed by atoms with Crippen molar-refractivity contribution in [1.82, 2.24) is 4.90 Å². The molecule has 2 aromatic carbocycles. The van der Waals surface area contributed by atoms with Crippen molar-refractivity contribution < 1.29 is 19.1 Å². The van der Waals surface area contributed by atoms with E-state index in [0.29, 0.717) is 24.4 Å². The molecule has 1 saturated heterocycles. The third kappa shape index (κ3) is 4.34. The fraction of sp³-hybridized carbons (Fsp3) is 0.286. The number of amides is 3. The first-order valence-corrected chi connectivity index (χ1v) is 8.86. The van der Waals surface area contributed by atoms with Crippen LogP contribution in [0, 0.1) is 6.92 Å². The molecule has 0 aromatic heterocycles. The molecule has 0 atom stereocenters. The first-order chi connectivity index (χ1) is 13.0. The summed E-state index contributed by atoms with van der Waals surface area (Å²) >= 11 is 0. The smallest absolute Gasteiger partial charge is 0.253 e. The summed E-state index contributed by atoms with van der Waals surface area (Å²) in [5.41, 5.74) is 2.12. The molecule has 0 spiro atoms. The van der Waals surface area contributed by atoms with Crippen molar-refractivity contribution in [1.29, 1.82) is 0 Å². The number of rotatable bonds is 6. The van der Waals surface area contributed by atoms with Crippen molar-refractivity contribution in [2.45, 2.75) is 19.8 Å². The van der Waals surface area contributed by atoms with Crippen molar-refractivity contribution in [3.8, 4) is 5.75 Å². The maximum atomic E-state index is 12.5. The number of ether oxygens (including phenoxy) is 1. The summed E-state index contributed by atoms with van der Waals surface area (Å²) in [5.74, 6) is 0.225. The Kier molecular flexibility index (Phi) is 5.54. The Morgan fingerprint density at radius 1 is 1.07 bits per heavy atom. The molecule has 1 aliphatic heterocycles. The average Bonchev–Trinajstić information content (AvgIpc) is 2.99. The summed E-state index contributed by atoms with van der Waals surface area (Å²) in [6.45, 7) is 2.83. The standard InChI is InChI=1S/C21H22N2O4/c1-15-4-3-5-18(14-15)27-13-12-22(2)21(26)16-6-8-17(9-7-16)23-19(24)10-11-20(23)25/h3-9,14H,10-13H2,1-2H3. The highest BCUT2D eigenvalue weighted by Crippen LogP contribution is 2.23. The van der Waals surface area contributed by atoms with Gasteiger partial charge >= 0.3 is 0 Å². The fourth-order valence-electron chi connectivity index (χ4n) is 2.95. The minimum absolute atomic E-state index is 0.145. The number of likely N-dealkylation sites (N-methyl/N-ethyl adjacent to an activating group) is 1. The molecular formula is C21H22N2O4. The van der Waals surface area contributed by atoms with E-state index in [1.807, 2.05) is 31.2 Å². The Bertz CT molecular complexity index is 845. The molecule has 0 aliphatic carbocycles. The molecule has 6 heteroatoms. The second kappa shape index (κ2) is 8.03. The molecule has 1 fully saturated rings. The van der Waals surface area contributed by atoms with Crippen molar-refractivity contribution >= 4 is 23.4 Å². The first-order valence-electron chi connectivity index (χ1n) is 8.86. The lowest BCUT2D eigenvalue weighted by Crippen LogP contribution is -2.31. The molecule has 0 N–H and O–H groups in total. The van der Waals surface area contributed by atoms with Crippen molar-refractivity contribution in [3.05, 3.63) is 59.7 Å². The van der Waals surface area contributed by atoms with E-state index in [1.54, 1.807) is 36.2 Å². The molecule has 140 valence electrons. The maximum absolute atomic E-state index is 12.5. The van der Waals surface area contributed by atoms with Crippen LogP contribution < -0.4 is 9.64 Å². The van der Waals surface area contributed by atoms with Crippen molar-refractivity contribution in [2.75, 3.05) is 25.1 Å². The zero-order valence-electron chi connectivity index (χ0n) is 15.5. The Hall–Kier alpha value is -3.15. The molecule has 1 aliphatic rings. The lowest BCUT2D eigenvalue weighted by Gasteiger charge is -2.19. The SMILES string of the molecule is Cc1cccc(OCCN(C)C(=O)c2ccc(N3C(=O)CCC3=O)cc2)c1. The Morgan fingerprint density at radius 2 is 1.74 bits per heavy atom. The van der Waals surface area contributed by atoms with Gasteiger partial charge in [0.1, 0.15) is 12.4 Å². The van der Waals surface area contributed by atoms with Crippen LogP contribution in [0.2, 0.25) is 0 Å². The van der Waals surface area contributed by atoms with Gasteiger partial charge in [-0.05, 0) is 48.9 Å². The van der Waals surface area contributed by atoms with Crippen LogP contribution in [-0.2, 0) is 9.59 Å². The van der Waals surface area contributed by atoms with E-state index in [-0.39, 0.29) is 30.6 Å². The molecule has 6 nitrogen and oxygen atoms in total. The molecule has 3 amide bonds. The van der Waals surface area contributed by atoms with Gasteiger partial charge in [-0.25, -0.2) is 0 Å². The van der Waals surface area contributed by atoms with Crippen LogP contribution in [0.25, 0.3) is 0 Å². The van der Waals surface area contributed by atoms with Crippen LogP contribution in [-0.4, -0.2) is 42.8 Å². The molecule has 0 unspecified atom stereocenters. The first kappa shape index (κ1) is 18.6. The topological polar surface area (TPSA) is 66.9 Å². The van der Waals surface area contributed by atoms with Crippen molar-refractivity contribution in [2.24, 2.45) is 0 Å². The van der Waals surface area contributed by atoms with E-state index < -0.39 is 0 Å².